The number of aromatic nitrogens is 1. The molecule has 52 heavy (non-hydrogen) atoms. The number of pyridine rings is 1. The largest absolute Gasteiger partial charge is 0.465 e. The third-order valence-electron chi connectivity index (χ3n) is 10.1. The summed E-state index contributed by atoms with van der Waals surface area (Å²) in [5.41, 5.74) is 1.18. The molecule has 5 rings (SSSR count). The quantitative estimate of drug-likeness (QED) is 0.0776. The lowest BCUT2D eigenvalue weighted by molar-refractivity contribution is -0.161. The molecule has 1 amide bonds. The van der Waals surface area contributed by atoms with Gasteiger partial charge in [0.2, 0.25) is 12.2 Å². The zero-order valence-corrected chi connectivity index (χ0v) is 29.8. The minimum atomic E-state index is -2.18. The molecular formula is C44H47N2O6. The van der Waals surface area contributed by atoms with Gasteiger partial charge < -0.3 is 9.64 Å². The van der Waals surface area contributed by atoms with E-state index < -0.39 is 40.7 Å². The highest BCUT2D eigenvalue weighted by Gasteiger charge is 2.56. The Morgan fingerprint density at radius 3 is 1.90 bits per heavy atom. The molecular weight excluding hydrogens is 652 g/mol. The van der Waals surface area contributed by atoms with Gasteiger partial charge in [0.05, 0.1) is 6.61 Å². The van der Waals surface area contributed by atoms with E-state index in [0.717, 1.165) is 23.1 Å². The summed E-state index contributed by atoms with van der Waals surface area (Å²) in [5, 5.41) is 0. The number of likely N-dealkylation sites (tertiary alicyclic amines) is 1. The van der Waals surface area contributed by atoms with Crippen LogP contribution in [0.15, 0.2) is 116 Å². The zero-order valence-electron chi connectivity index (χ0n) is 29.8. The molecule has 8 heteroatoms. The van der Waals surface area contributed by atoms with Gasteiger partial charge in [-0.1, -0.05) is 91.0 Å². The van der Waals surface area contributed by atoms with Gasteiger partial charge in [-0.3, -0.25) is 29.0 Å². The number of amides is 1. The second-order valence-electron chi connectivity index (χ2n) is 13.6. The maximum absolute atomic E-state index is 15.4. The Kier molecular flexibility index (Phi) is 13.8. The van der Waals surface area contributed by atoms with E-state index in [1.54, 1.807) is 48.5 Å². The third-order valence-corrected chi connectivity index (χ3v) is 10.1. The van der Waals surface area contributed by atoms with E-state index in [1.165, 1.54) is 0 Å². The Hall–Kier alpha value is -5.24. The minimum absolute atomic E-state index is 0.0284. The molecule has 1 saturated heterocycles. The predicted molar refractivity (Wildman–Crippen MR) is 199 cm³/mol. The van der Waals surface area contributed by atoms with Crippen LogP contribution in [0.3, 0.4) is 0 Å². The number of hydrogen-bond donors (Lipinski definition) is 0. The van der Waals surface area contributed by atoms with Gasteiger partial charge in [0.1, 0.15) is 11.3 Å². The molecule has 0 saturated carbocycles. The maximum atomic E-state index is 15.4. The van der Waals surface area contributed by atoms with Crippen molar-refractivity contribution in [3.05, 3.63) is 138 Å². The van der Waals surface area contributed by atoms with Crippen LogP contribution in [0.4, 0.5) is 0 Å². The van der Waals surface area contributed by atoms with Gasteiger partial charge >= 0.3 is 5.97 Å². The second-order valence-corrected chi connectivity index (χ2v) is 13.6. The highest BCUT2D eigenvalue weighted by molar-refractivity contribution is 6.13. The standard InChI is InChI=1S/C44H47N2O6/c1-2-52-43(51)40(41(49)37(29-34-13-6-3-7-14-34)24-28-46-27-12-19-39(46)48)44(32-47,31-36-17-10-5-11-18-36)42(50)38(30-35-15-8-4-9-16-35)21-20-33-22-25-45-26-23-33/h3-11,13-18,22-23,25-26,37-38,40H,2,12,19-21,24,27-31H2,1H3. The summed E-state index contributed by atoms with van der Waals surface area (Å²) in [7, 11) is 0. The fourth-order valence-corrected chi connectivity index (χ4v) is 7.39. The molecule has 1 aliphatic heterocycles. The molecule has 0 bridgehead atoms. The van der Waals surface area contributed by atoms with E-state index >= 15 is 9.59 Å². The molecule has 0 N–H and O–H groups in total. The lowest BCUT2D eigenvalue weighted by atomic mass is 9.62. The average Bonchev–Trinajstić information content (AvgIpc) is 3.60. The molecule has 1 aliphatic rings. The van der Waals surface area contributed by atoms with Crippen LogP contribution in [0.2, 0.25) is 0 Å². The highest BCUT2D eigenvalue weighted by atomic mass is 16.5. The number of nitrogens with zero attached hydrogens (tertiary/aromatic N) is 2. The van der Waals surface area contributed by atoms with Crippen LogP contribution in [0, 0.1) is 23.2 Å². The predicted octanol–water partition coefficient (Wildman–Crippen LogP) is 6.40. The molecule has 3 aromatic carbocycles. The van der Waals surface area contributed by atoms with Crippen molar-refractivity contribution in [2.24, 2.45) is 23.2 Å². The number of ether oxygens (including phenoxy) is 1. The maximum Gasteiger partial charge on any atom is 0.318 e. The van der Waals surface area contributed by atoms with Crippen LogP contribution in [0.5, 0.6) is 0 Å². The van der Waals surface area contributed by atoms with Gasteiger partial charge in [-0.05, 0) is 86.3 Å². The molecule has 8 nitrogen and oxygen atoms in total. The minimum Gasteiger partial charge on any atom is -0.465 e. The summed E-state index contributed by atoms with van der Waals surface area (Å²) in [6, 6.07) is 31.8. The molecule has 1 fully saturated rings. The average molecular weight is 700 g/mol. The summed E-state index contributed by atoms with van der Waals surface area (Å²) in [6.45, 7) is 2.52. The van der Waals surface area contributed by atoms with Crippen LogP contribution < -0.4 is 0 Å². The Morgan fingerprint density at radius 1 is 0.788 bits per heavy atom. The number of esters is 1. The van der Waals surface area contributed by atoms with Crippen LogP contribution in [0.25, 0.3) is 0 Å². The molecule has 0 aliphatic carbocycles. The van der Waals surface area contributed by atoms with Crippen molar-refractivity contribution in [3.8, 4) is 0 Å². The molecule has 4 unspecified atom stereocenters. The fourth-order valence-electron chi connectivity index (χ4n) is 7.39. The first-order valence-corrected chi connectivity index (χ1v) is 18.3. The van der Waals surface area contributed by atoms with Crippen molar-refractivity contribution in [2.45, 2.75) is 58.3 Å². The first-order chi connectivity index (χ1) is 25.3. The zero-order chi connectivity index (χ0) is 36.8. The monoisotopic (exact) mass is 699 g/mol. The highest BCUT2D eigenvalue weighted by Crippen LogP contribution is 2.40. The van der Waals surface area contributed by atoms with E-state index in [4.69, 9.17) is 4.74 Å². The van der Waals surface area contributed by atoms with Gasteiger partial charge in [-0.2, -0.15) is 0 Å². The summed E-state index contributed by atoms with van der Waals surface area (Å²) >= 11 is 0. The van der Waals surface area contributed by atoms with Crippen molar-refractivity contribution in [2.75, 3.05) is 19.7 Å². The Morgan fingerprint density at radius 2 is 1.37 bits per heavy atom. The van der Waals surface area contributed by atoms with Crippen LogP contribution in [0.1, 0.15) is 54.9 Å². The number of ketones is 2. The molecule has 4 aromatic rings. The first kappa shape index (κ1) is 38.0. The van der Waals surface area contributed by atoms with Gasteiger partial charge in [0.15, 0.2) is 11.6 Å². The SMILES string of the molecule is CCOC(=O)C(C(=O)C(CCN1CCCC1=O)Cc1ccccc1)C([C]=O)(Cc1ccccc1)C(=O)C(CCc1ccncc1)Cc1ccccc1. The normalized spacial score (nSPS) is 15.6. The summed E-state index contributed by atoms with van der Waals surface area (Å²) in [6.07, 6.45) is 8.19. The number of benzene rings is 3. The van der Waals surface area contributed by atoms with Gasteiger partial charge in [-0.15, -0.1) is 0 Å². The lowest BCUT2D eigenvalue weighted by Crippen LogP contribution is -2.54. The van der Waals surface area contributed by atoms with Crippen molar-refractivity contribution in [1.82, 2.24) is 9.88 Å². The molecule has 0 spiro atoms. The van der Waals surface area contributed by atoms with Crippen molar-refractivity contribution in [1.29, 1.82) is 0 Å². The smallest absolute Gasteiger partial charge is 0.318 e. The third kappa shape index (κ3) is 9.75. The fraction of sp³-hybridized carbons (Fsp3) is 0.364. The molecule has 269 valence electrons. The summed E-state index contributed by atoms with van der Waals surface area (Å²) < 4.78 is 5.58. The van der Waals surface area contributed by atoms with E-state index in [-0.39, 0.29) is 31.8 Å². The van der Waals surface area contributed by atoms with Crippen molar-refractivity contribution in [3.63, 3.8) is 0 Å². The van der Waals surface area contributed by atoms with E-state index in [0.29, 0.717) is 44.3 Å². The number of Topliss-reactive ketones (excluding diaryl/α,β-unsaturated/α-hetero) is 2. The van der Waals surface area contributed by atoms with E-state index in [1.807, 2.05) is 78.9 Å². The molecule has 1 radical (unpaired) electrons. The van der Waals surface area contributed by atoms with Crippen LogP contribution in [-0.2, 0) is 54.4 Å². The Labute approximate surface area is 306 Å². The number of hydrogen-bond acceptors (Lipinski definition) is 7. The second kappa shape index (κ2) is 18.8. The Balaban J connectivity index is 1.61. The van der Waals surface area contributed by atoms with Gasteiger partial charge in [0, 0.05) is 43.7 Å². The van der Waals surface area contributed by atoms with Gasteiger partial charge in [0.25, 0.3) is 0 Å². The molecule has 4 atom stereocenters. The first-order valence-electron chi connectivity index (χ1n) is 18.3. The molecule has 2 heterocycles. The summed E-state index contributed by atoms with van der Waals surface area (Å²) in [5.74, 6) is -5.22. The van der Waals surface area contributed by atoms with Crippen LogP contribution >= 0.6 is 0 Å². The Bertz CT molecular complexity index is 1770. The topological polar surface area (TPSA) is 111 Å². The van der Waals surface area contributed by atoms with E-state index in [2.05, 4.69) is 11.3 Å². The molecule has 1 aromatic heterocycles. The number of aryl methyl sites for hydroxylation is 1. The number of carbonyl (C=O) groups is 4. The number of rotatable bonds is 20. The number of carbonyl (C=O) groups excluding carboxylic acids is 5. The van der Waals surface area contributed by atoms with Crippen molar-refractivity contribution < 1.29 is 28.7 Å². The van der Waals surface area contributed by atoms with Crippen molar-refractivity contribution >= 4 is 29.7 Å². The van der Waals surface area contributed by atoms with Gasteiger partial charge in [-0.25, -0.2) is 0 Å². The van der Waals surface area contributed by atoms with Crippen LogP contribution in [-0.4, -0.2) is 59.3 Å². The summed E-state index contributed by atoms with van der Waals surface area (Å²) in [4.78, 5) is 77.1. The van der Waals surface area contributed by atoms with E-state index in [9.17, 15) is 14.4 Å². The lowest BCUT2D eigenvalue weighted by Gasteiger charge is -2.37.